The molecule has 1 amide bonds. The number of nitrogens with zero attached hydrogens (tertiary/aromatic N) is 4. The Bertz CT molecular complexity index is 916. The van der Waals surface area contributed by atoms with Crippen LogP contribution in [0, 0.1) is 6.92 Å². The van der Waals surface area contributed by atoms with E-state index in [0.29, 0.717) is 18.8 Å². The van der Waals surface area contributed by atoms with Crippen molar-refractivity contribution in [3.05, 3.63) is 72.2 Å². The summed E-state index contributed by atoms with van der Waals surface area (Å²) >= 11 is 0. The molecule has 27 heavy (non-hydrogen) atoms. The highest BCUT2D eigenvalue weighted by molar-refractivity contribution is 5.92. The van der Waals surface area contributed by atoms with E-state index in [4.69, 9.17) is 4.42 Å². The molecule has 0 N–H and O–H groups in total. The van der Waals surface area contributed by atoms with Gasteiger partial charge in [0, 0.05) is 43.8 Å². The topological polar surface area (TPSA) is 54.5 Å². The monoisotopic (exact) mass is 364 g/mol. The maximum atomic E-state index is 12.9. The lowest BCUT2D eigenvalue weighted by molar-refractivity contribution is 0.0639. The minimum atomic E-state index is -0.0381. The van der Waals surface area contributed by atoms with Crippen LogP contribution < -0.4 is 4.90 Å². The van der Waals surface area contributed by atoms with Crippen LogP contribution in [0.25, 0.3) is 0 Å². The molecule has 1 aliphatic heterocycles. The van der Waals surface area contributed by atoms with Gasteiger partial charge < -0.3 is 18.8 Å². The molecule has 0 bridgehead atoms. The Labute approximate surface area is 159 Å². The summed E-state index contributed by atoms with van der Waals surface area (Å²) in [6.45, 7) is 7.12. The van der Waals surface area contributed by atoms with Crippen molar-refractivity contribution < 1.29 is 9.21 Å². The number of hydrogen-bond donors (Lipinski definition) is 0. The van der Waals surface area contributed by atoms with Gasteiger partial charge in [0.1, 0.15) is 5.76 Å². The van der Waals surface area contributed by atoms with Gasteiger partial charge in [0.2, 0.25) is 0 Å². The van der Waals surface area contributed by atoms with Crippen LogP contribution in [0.5, 0.6) is 0 Å². The maximum absolute atomic E-state index is 12.9. The highest BCUT2D eigenvalue weighted by Crippen LogP contribution is 2.24. The maximum Gasteiger partial charge on any atom is 0.289 e. The van der Waals surface area contributed by atoms with Gasteiger partial charge in [0.05, 0.1) is 12.9 Å². The van der Waals surface area contributed by atoms with E-state index < -0.39 is 0 Å². The van der Waals surface area contributed by atoms with E-state index in [1.807, 2.05) is 21.7 Å². The fraction of sp³-hybridized carbons (Fsp3) is 0.333. The molecule has 1 aromatic carbocycles. The van der Waals surface area contributed by atoms with Crippen LogP contribution in [-0.4, -0.2) is 46.0 Å². The van der Waals surface area contributed by atoms with Gasteiger partial charge in [-0.1, -0.05) is 18.2 Å². The van der Waals surface area contributed by atoms with Gasteiger partial charge in [-0.15, -0.1) is 0 Å². The normalized spacial score (nSPS) is 17.3. The van der Waals surface area contributed by atoms with E-state index in [-0.39, 0.29) is 11.9 Å². The van der Waals surface area contributed by atoms with Crippen molar-refractivity contribution in [1.29, 1.82) is 0 Å². The molecule has 0 saturated carbocycles. The zero-order valence-electron chi connectivity index (χ0n) is 15.7. The molecule has 0 spiro atoms. The molecule has 4 rings (SSSR count). The Balaban J connectivity index is 1.43. The van der Waals surface area contributed by atoms with Crippen LogP contribution in [0.4, 0.5) is 5.69 Å². The van der Waals surface area contributed by atoms with E-state index in [1.165, 1.54) is 11.3 Å². The van der Waals surface area contributed by atoms with Crippen LogP contribution in [0.1, 0.15) is 28.8 Å². The molecule has 6 nitrogen and oxygen atoms in total. The first kappa shape index (κ1) is 17.4. The number of amides is 1. The predicted octanol–water partition coefficient (Wildman–Crippen LogP) is 3.18. The van der Waals surface area contributed by atoms with E-state index in [0.717, 1.165) is 18.8 Å². The van der Waals surface area contributed by atoms with Crippen molar-refractivity contribution in [1.82, 2.24) is 14.5 Å². The Kier molecular flexibility index (Phi) is 4.71. The lowest BCUT2D eigenvalue weighted by Crippen LogP contribution is -2.54. The summed E-state index contributed by atoms with van der Waals surface area (Å²) in [5.41, 5.74) is 2.51. The fourth-order valence-electron chi connectivity index (χ4n) is 3.68. The van der Waals surface area contributed by atoms with E-state index in [2.05, 4.69) is 48.0 Å². The molecule has 1 aliphatic rings. The van der Waals surface area contributed by atoms with Gasteiger partial charge in [-0.25, -0.2) is 4.98 Å². The van der Waals surface area contributed by atoms with Gasteiger partial charge in [0.15, 0.2) is 5.76 Å². The average Bonchev–Trinajstić information content (AvgIpc) is 3.34. The molecule has 3 aromatic rings. The number of aromatic nitrogens is 2. The molecule has 1 unspecified atom stereocenters. The van der Waals surface area contributed by atoms with Crippen molar-refractivity contribution in [2.45, 2.75) is 26.4 Å². The summed E-state index contributed by atoms with van der Waals surface area (Å²) < 4.78 is 7.71. The van der Waals surface area contributed by atoms with E-state index in [1.54, 1.807) is 18.6 Å². The van der Waals surface area contributed by atoms with Crippen molar-refractivity contribution in [3.8, 4) is 0 Å². The first-order chi connectivity index (χ1) is 13.1. The number of carbonyl (C=O) groups excluding carboxylic acids is 1. The number of anilines is 1. The van der Waals surface area contributed by atoms with Crippen LogP contribution in [0.15, 0.2) is 59.5 Å². The van der Waals surface area contributed by atoms with Gasteiger partial charge in [0.25, 0.3) is 5.91 Å². The summed E-state index contributed by atoms with van der Waals surface area (Å²) in [6, 6.07) is 12.1. The number of rotatable bonds is 4. The van der Waals surface area contributed by atoms with Crippen molar-refractivity contribution in [2.75, 3.05) is 24.5 Å². The molecule has 0 radical (unpaired) electrons. The summed E-state index contributed by atoms with van der Waals surface area (Å²) in [5, 5.41) is 0. The first-order valence-electron chi connectivity index (χ1n) is 9.28. The third-order valence-electron chi connectivity index (χ3n) is 5.11. The van der Waals surface area contributed by atoms with Crippen molar-refractivity contribution in [3.63, 3.8) is 0 Å². The SMILES string of the molecule is Cc1ccccc1N1CCN(C(=O)c2ccc(Cn3ccnc3)o2)C(C)C1. The highest BCUT2D eigenvalue weighted by Gasteiger charge is 2.30. The molecule has 1 saturated heterocycles. The molecule has 3 heterocycles. The molecule has 140 valence electrons. The Morgan fingerprint density at radius 1 is 1.22 bits per heavy atom. The minimum Gasteiger partial charge on any atom is -0.454 e. The molecular weight excluding hydrogens is 340 g/mol. The van der Waals surface area contributed by atoms with Crippen LogP contribution in [0.3, 0.4) is 0 Å². The lowest BCUT2D eigenvalue weighted by atomic mass is 10.1. The van der Waals surface area contributed by atoms with Crippen LogP contribution in [0.2, 0.25) is 0 Å². The van der Waals surface area contributed by atoms with Crippen molar-refractivity contribution in [2.24, 2.45) is 0 Å². The number of hydrogen-bond acceptors (Lipinski definition) is 4. The smallest absolute Gasteiger partial charge is 0.289 e. The second kappa shape index (κ2) is 7.31. The minimum absolute atomic E-state index is 0.0381. The third-order valence-corrected chi connectivity index (χ3v) is 5.11. The van der Waals surface area contributed by atoms with Gasteiger partial charge in [-0.3, -0.25) is 4.79 Å². The number of furan rings is 1. The van der Waals surface area contributed by atoms with Crippen LogP contribution >= 0.6 is 0 Å². The van der Waals surface area contributed by atoms with E-state index >= 15 is 0 Å². The Hall–Kier alpha value is -3.02. The predicted molar refractivity (Wildman–Crippen MR) is 104 cm³/mol. The average molecular weight is 364 g/mol. The Morgan fingerprint density at radius 3 is 2.81 bits per heavy atom. The summed E-state index contributed by atoms with van der Waals surface area (Å²) in [4.78, 5) is 21.2. The standard InChI is InChI=1S/C21H24N4O2/c1-16-5-3-4-6-19(16)24-11-12-25(17(2)13-24)21(26)20-8-7-18(27-20)14-23-10-9-22-15-23/h3-10,15,17H,11-14H2,1-2H3. The second-order valence-electron chi connectivity index (χ2n) is 7.08. The number of benzene rings is 1. The number of imidazole rings is 1. The molecular formula is C21H24N4O2. The second-order valence-corrected chi connectivity index (χ2v) is 7.08. The first-order valence-corrected chi connectivity index (χ1v) is 9.28. The number of para-hydroxylation sites is 1. The van der Waals surface area contributed by atoms with Crippen LogP contribution in [-0.2, 0) is 6.54 Å². The molecule has 1 fully saturated rings. The largest absolute Gasteiger partial charge is 0.454 e. The fourth-order valence-corrected chi connectivity index (χ4v) is 3.68. The number of carbonyl (C=O) groups is 1. The van der Waals surface area contributed by atoms with Gasteiger partial charge >= 0.3 is 0 Å². The third kappa shape index (κ3) is 3.60. The summed E-state index contributed by atoms with van der Waals surface area (Å²) in [5.74, 6) is 1.12. The van der Waals surface area contributed by atoms with E-state index in [9.17, 15) is 4.79 Å². The zero-order valence-corrected chi connectivity index (χ0v) is 15.7. The lowest BCUT2D eigenvalue weighted by Gasteiger charge is -2.41. The quantitative estimate of drug-likeness (QED) is 0.713. The number of piperazine rings is 1. The van der Waals surface area contributed by atoms with Gasteiger partial charge in [-0.05, 0) is 37.6 Å². The summed E-state index contributed by atoms with van der Waals surface area (Å²) in [7, 11) is 0. The van der Waals surface area contributed by atoms with Crippen molar-refractivity contribution >= 4 is 11.6 Å². The number of aryl methyl sites for hydroxylation is 1. The molecule has 6 heteroatoms. The summed E-state index contributed by atoms with van der Waals surface area (Å²) in [6.07, 6.45) is 5.33. The Morgan fingerprint density at radius 2 is 2.07 bits per heavy atom. The van der Waals surface area contributed by atoms with Gasteiger partial charge in [-0.2, -0.15) is 0 Å². The highest BCUT2D eigenvalue weighted by atomic mass is 16.4. The molecule has 1 atom stereocenters. The zero-order chi connectivity index (χ0) is 18.8. The molecule has 2 aromatic heterocycles. The molecule has 0 aliphatic carbocycles.